The average molecular weight is 202 g/mol. The largest absolute Gasteiger partial charge is 0.306 e. The number of nitrogens with one attached hydrogen (secondary N) is 1. The van der Waals surface area contributed by atoms with E-state index in [1.54, 1.807) is 6.92 Å². The molecule has 0 bridgehead atoms. The normalized spacial score (nSPS) is 13.6. The topological polar surface area (TPSA) is 23.9 Å². The molecule has 0 aliphatic rings. The zero-order chi connectivity index (χ0) is 8.15. The van der Waals surface area contributed by atoms with Crippen molar-refractivity contribution in [3.63, 3.8) is 0 Å². The van der Waals surface area contributed by atoms with Crippen LogP contribution in [0.3, 0.4) is 0 Å². The van der Waals surface area contributed by atoms with E-state index in [1.165, 1.54) is 0 Å². The van der Waals surface area contributed by atoms with Crippen molar-refractivity contribution in [3.05, 3.63) is 22.2 Å². The van der Waals surface area contributed by atoms with Crippen molar-refractivity contribution in [2.24, 2.45) is 0 Å². The molecule has 1 nitrogen and oxygen atoms in total. The van der Waals surface area contributed by atoms with E-state index in [9.17, 15) is 0 Å². The predicted octanol–water partition coefficient (Wildman–Crippen LogP) is 3.27. The summed E-state index contributed by atoms with van der Waals surface area (Å²) in [5.41, 5.74) is 1.67. The second-order valence-electron chi connectivity index (χ2n) is 2.15. The maximum absolute atomic E-state index is 7.17. The molecule has 0 heterocycles. The number of hydrogen-bond acceptors (Lipinski definition) is 1. The Bertz CT molecular complexity index is 189. The van der Waals surface area contributed by atoms with Crippen LogP contribution in [0.4, 0.5) is 0 Å². The molecule has 0 aliphatic carbocycles. The van der Waals surface area contributed by atoms with E-state index in [1.807, 2.05) is 26.0 Å². The molecule has 0 radical (unpaired) electrons. The summed E-state index contributed by atoms with van der Waals surface area (Å²) in [6.45, 7) is 5.70. The summed E-state index contributed by atoms with van der Waals surface area (Å²) in [6, 6.07) is 0. The Morgan fingerprint density at radius 2 is 1.90 bits per heavy atom. The van der Waals surface area contributed by atoms with Crippen molar-refractivity contribution in [2.75, 3.05) is 0 Å². The quantitative estimate of drug-likeness (QED) is 0.524. The minimum atomic E-state index is 0.580. The summed E-state index contributed by atoms with van der Waals surface area (Å²) in [6.07, 6.45) is 3.79. The van der Waals surface area contributed by atoms with Gasteiger partial charge in [0.1, 0.15) is 0 Å². The van der Waals surface area contributed by atoms with Crippen molar-refractivity contribution in [3.8, 4) is 0 Å². The molecule has 0 spiro atoms. The number of halogens is 1. The first-order valence-corrected chi connectivity index (χ1v) is 3.93. The Labute approximate surface area is 70.5 Å². The van der Waals surface area contributed by atoms with E-state index in [4.69, 9.17) is 5.41 Å². The van der Waals surface area contributed by atoms with Crippen LogP contribution in [0.2, 0.25) is 0 Å². The third-order valence-corrected chi connectivity index (χ3v) is 2.15. The van der Waals surface area contributed by atoms with Gasteiger partial charge < -0.3 is 5.41 Å². The summed E-state index contributed by atoms with van der Waals surface area (Å²) in [4.78, 5) is 0. The van der Waals surface area contributed by atoms with Crippen molar-refractivity contribution >= 4 is 21.6 Å². The van der Waals surface area contributed by atoms with E-state index in [0.717, 1.165) is 10.1 Å². The first-order chi connectivity index (χ1) is 4.57. The van der Waals surface area contributed by atoms with Gasteiger partial charge in [-0.3, -0.25) is 0 Å². The van der Waals surface area contributed by atoms with E-state index in [-0.39, 0.29) is 0 Å². The molecule has 0 aromatic rings. The first-order valence-electron chi connectivity index (χ1n) is 3.13. The second kappa shape index (κ2) is 4.45. The Kier molecular flexibility index (Phi) is 4.28. The number of rotatable bonds is 2. The lowest BCUT2D eigenvalue weighted by Gasteiger charge is -1.95. The maximum Gasteiger partial charge on any atom is 0.0285 e. The Morgan fingerprint density at radius 1 is 1.40 bits per heavy atom. The summed E-state index contributed by atoms with van der Waals surface area (Å²) in [5, 5.41) is 7.17. The molecule has 0 saturated heterocycles. The fourth-order valence-corrected chi connectivity index (χ4v) is 0.736. The van der Waals surface area contributed by atoms with Crippen molar-refractivity contribution in [1.82, 2.24) is 0 Å². The predicted molar refractivity (Wildman–Crippen MR) is 49.8 cm³/mol. The van der Waals surface area contributed by atoms with E-state index >= 15 is 0 Å². The highest BCUT2D eigenvalue weighted by atomic mass is 79.9. The van der Waals surface area contributed by atoms with Crippen molar-refractivity contribution in [2.45, 2.75) is 20.8 Å². The van der Waals surface area contributed by atoms with Gasteiger partial charge in [0.05, 0.1) is 0 Å². The highest BCUT2D eigenvalue weighted by Gasteiger charge is 1.91. The van der Waals surface area contributed by atoms with Crippen LogP contribution in [-0.2, 0) is 0 Å². The van der Waals surface area contributed by atoms with Gasteiger partial charge in [-0.25, -0.2) is 0 Å². The maximum atomic E-state index is 7.17. The highest BCUT2D eigenvalue weighted by molar-refractivity contribution is 9.12. The molecule has 0 aromatic heterocycles. The van der Waals surface area contributed by atoms with Crippen LogP contribution in [0, 0.1) is 5.41 Å². The molecular formula is C8H12BrN. The molecule has 2 heteroatoms. The lowest BCUT2D eigenvalue weighted by atomic mass is 10.2. The van der Waals surface area contributed by atoms with Gasteiger partial charge in [0.2, 0.25) is 0 Å². The molecular weight excluding hydrogens is 190 g/mol. The fraction of sp³-hybridized carbons (Fsp3) is 0.375. The Balaban J connectivity index is 4.35. The molecule has 0 fully saturated rings. The van der Waals surface area contributed by atoms with Crippen LogP contribution in [-0.4, -0.2) is 5.71 Å². The molecule has 0 saturated carbocycles. The van der Waals surface area contributed by atoms with Crippen LogP contribution < -0.4 is 0 Å². The SMILES string of the molecule is C/C=C(Br)\C(C)=C/C(C)=N. The van der Waals surface area contributed by atoms with Gasteiger partial charge in [-0.15, -0.1) is 0 Å². The van der Waals surface area contributed by atoms with Gasteiger partial charge in [0.25, 0.3) is 0 Å². The molecule has 0 amide bonds. The Hall–Kier alpha value is -0.370. The van der Waals surface area contributed by atoms with Crippen LogP contribution in [0.5, 0.6) is 0 Å². The third kappa shape index (κ3) is 3.62. The molecule has 1 N–H and O–H groups in total. The first kappa shape index (κ1) is 9.63. The van der Waals surface area contributed by atoms with Crippen LogP contribution in [0.15, 0.2) is 22.2 Å². The van der Waals surface area contributed by atoms with Crippen LogP contribution in [0.25, 0.3) is 0 Å². The summed E-state index contributed by atoms with van der Waals surface area (Å²) in [5.74, 6) is 0. The smallest absolute Gasteiger partial charge is 0.0285 e. The van der Waals surface area contributed by atoms with Gasteiger partial charge in [0, 0.05) is 10.2 Å². The lowest BCUT2D eigenvalue weighted by Crippen LogP contribution is -1.83. The van der Waals surface area contributed by atoms with E-state index in [0.29, 0.717) is 5.71 Å². The fourth-order valence-electron chi connectivity index (χ4n) is 0.621. The van der Waals surface area contributed by atoms with Crippen molar-refractivity contribution < 1.29 is 0 Å². The summed E-state index contributed by atoms with van der Waals surface area (Å²) < 4.78 is 1.05. The lowest BCUT2D eigenvalue weighted by molar-refractivity contribution is 1.44. The van der Waals surface area contributed by atoms with Crippen molar-refractivity contribution in [1.29, 1.82) is 5.41 Å². The van der Waals surface area contributed by atoms with Gasteiger partial charge in [-0.1, -0.05) is 22.0 Å². The number of hydrogen-bond donors (Lipinski definition) is 1. The highest BCUT2D eigenvalue weighted by Crippen LogP contribution is 2.15. The second-order valence-corrected chi connectivity index (χ2v) is 3.00. The van der Waals surface area contributed by atoms with Gasteiger partial charge >= 0.3 is 0 Å². The minimum Gasteiger partial charge on any atom is -0.306 e. The molecule has 56 valence electrons. The average Bonchev–Trinajstić information content (AvgIpc) is 1.85. The van der Waals surface area contributed by atoms with Gasteiger partial charge in [-0.05, 0) is 32.4 Å². The standard InChI is InChI=1S/C8H12BrN/c1-4-8(9)6(2)5-7(3)10/h4-5,10H,1-3H3/b6-5-,8-4+,10-7?. The molecule has 0 aromatic carbocycles. The van der Waals surface area contributed by atoms with Gasteiger partial charge in [-0.2, -0.15) is 0 Å². The molecule has 0 unspecified atom stereocenters. The zero-order valence-corrected chi connectivity index (χ0v) is 8.12. The zero-order valence-electron chi connectivity index (χ0n) is 6.53. The van der Waals surface area contributed by atoms with E-state index < -0.39 is 0 Å². The van der Waals surface area contributed by atoms with E-state index in [2.05, 4.69) is 15.9 Å². The molecule has 0 atom stereocenters. The minimum absolute atomic E-state index is 0.580. The Morgan fingerprint density at radius 3 is 2.20 bits per heavy atom. The number of allylic oxidation sites excluding steroid dienone is 4. The summed E-state index contributed by atoms with van der Waals surface area (Å²) in [7, 11) is 0. The molecule has 0 aliphatic heterocycles. The molecule has 10 heavy (non-hydrogen) atoms. The van der Waals surface area contributed by atoms with Gasteiger partial charge in [0.15, 0.2) is 0 Å². The van der Waals surface area contributed by atoms with Crippen LogP contribution in [0.1, 0.15) is 20.8 Å². The summed E-state index contributed by atoms with van der Waals surface area (Å²) >= 11 is 3.37. The third-order valence-electron chi connectivity index (χ3n) is 1.06. The molecule has 0 rings (SSSR count). The monoisotopic (exact) mass is 201 g/mol. The van der Waals surface area contributed by atoms with Crippen LogP contribution >= 0.6 is 15.9 Å².